The fourth-order valence-corrected chi connectivity index (χ4v) is 3.13. The number of hydrogen-bond acceptors (Lipinski definition) is 3. The highest BCUT2D eigenvalue weighted by Crippen LogP contribution is 2.44. The second-order valence-corrected chi connectivity index (χ2v) is 6.44. The van der Waals surface area contributed by atoms with Crippen LogP contribution in [-0.2, 0) is 16.0 Å². The van der Waals surface area contributed by atoms with E-state index < -0.39 is 0 Å². The average molecular weight is 311 g/mol. The molecule has 2 rings (SSSR count). The standard InChI is InChI=1S/C17H23ClO3/c1-10(2)14-9-13(18)7-12(16(14)20-3)6-5-11-8-15(11)17(19)21-4/h7,9-11,15H,5-6,8H2,1-4H3. The van der Waals surface area contributed by atoms with Crippen molar-refractivity contribution in [3.8, 4) is 5.75 Å². The smallest absolute Gasteiger partial charge is 0.308 e. The van der Waals surface area contributed by atoms with Gasteiger partial charge in [-0.2, -0.15) is 0 Å². The fourth-order valence-electron chi connectivity index (χ4n) is 2.88. The molecule has 0 spiro atoms. The molecule has 0 radical (unpaired) electrons. The number of halogens is 1. The number of carbonyl (C=O) groups excluding carboxylic acids is 1. The van der Waals surface area contributed by atoms with Crippen LogP contribution in [0, 0.1) is 11.8 Å². The van der Waals surface area contributed by atoms with Gasteiger partial charge in [0.25, 0.3) is 0 Å². The molecule has 1 aromatic rings. The first-order chi connectivity index (χ1) is 9.97. The number of ether oxygens (including phenoxy) is 2. The largest absolute Gasteiger partial charge is 0.496 e. The Morgan fingerprint density at radius 3 is 2.67 bits per heavy atom. The van der Waals surface area contributed by atoms with Crippen molar-refractivity contribution in [2.75, 3.05) is 14.2 Å². The molecular weight excluding hydrogens is 288 g/mol. The molecule has 0 aromatic heterocycles. The second-order valence-electron chi connectivity index (χ2n) is 6.01. The quantitative estimate of drug-likeness (QED) is 0.738. The fraction of sp³-hybridized carbons (Fsp3) is 0.588. The van der Waals surface area contributed by atoms with Crippen molar-refractivity contribution in [1.82, 2.24) is 0 Å². The van der Waals surface area contributed by atoms with E-state index in [4.69, 9.17) is 21.1 Å². The van der Waals surface area contributed by atoms with Crippen LogP contribution in [0.1, 0.15) is 43.7 Å². The first-order valence-corrected chi connectivity index (χ1v) is 7.79. The average Bonchev–Trinajstić information content (AvgIpc) is 3.23. The van der Waals surface area contributed by atoms with Gasteiger partial charge < -0.3 is 9.47 Å². The third-order valence-corrected chi connectivity index (χ3v) is 4.41. The maximum Gasteiger partial charge on any atom is 0.308 e. The molecule has 0 saturated heterocycles. The van der Waals surface area contributed by atoms with E-state index in [1.165, 1.54) is 7.11 Å². The Labute approximate surface area is 131 Å². The molecule has 2 unspecified atom stereocenters. The third-order valence-electron chi connectivity index (χ3n) is 4.20. The molecule has 2 atom stereocenters. The first-order valence-electron chi connectivity index (χ1n) is 7.42. The van der Waals surface area contributed by atoms with Crippen LogP contribution in [0.4, 0.5) is 0 Å². The summed E-state index contributed by atoms with van der Waals surface area (Å²) >= 11 is 6.23. The summed E-state index contributed by atoms with van der Waals surface area (Å²) in [4.78, 5) is 11.4. The van der Waals surface area contributed by atoms with Gasteiger partial charge in [0.15, 0.2) is 0 Å². The van der Waals surface area contributed by atoms with E-state index in [2.05, 4.69) is 13.8 Å². The number of rotatable bonds is 6. The molecule has 21 heavy (non-hydrogen) atoms. The molecule has 1 saturated carbocycles. The normalized spacial score (nSPS) is 20.5. The van der Waals surface area contributed by atoms with Crippen molar-refractivity contribution in [3.63, 3.8) is 0 Å². The predicted molar refractivity (Wildman–Crippen MR) is 84.0 cm³/mol. The van der Waals surface area contributed by atoms with E-state index in [9.17, 15) is 4.79 Å². The summed E-state index contributed by atoms with van der Waals surface area (Å²) in [6.07, 6.45) is 2.78. The summed E-state index contributed by atoms with van der Waals surface area (Å²) in [5.41, 5.74) is 2.27. The van der Waals surface area contributed by atoms with E-state index >= 15 is 0 Å². The Balaban J connectivity index is 2.08. The number of hydrogen-bond donors (Lipinski definition) is 0. The van der Waals surface area contributed by atoms with Crippen LogP contribution >= 0.6 is 11.6 Å². The van der Waals surface area contributed by atoms with Crippen molar-refractivity contribution in [3.05, 3.63) is 28.3 Å². The van der Waals surface area contributed by atoms with Gasteiger partial charge in [-0.05, 0) is 54.4 Å². The van der Waals surface area contributed by atoms with Gasteiger partial charge in [-0.25, -0.2) is 0 Å². The lowest BCUT2D eigenvalue weighted by atomic mass is 9.96. The van der Waals surface area contributed by atoms with Crippen LogP contribution in [-0.4, -0.2) is 20.2 Å². The van der Waals surface area contributed by atoms with Gasteiger partial charge in [-0.1, -0.05) is 25.4 Å². The summed E-state index contributed by atoms with van der Waals surface area (Å²) in [7, 11) is 3.15. The molecule has 4 heteroatoms. The number of methoxy groups -OCH3 is 2. The first kappa shape index (κ1) is 16.2. The van der Waals surface area contributed by atoms with Gasteiger partial charge in [0.05, 0.1) is 20.1 Å². The molecule has 0 bridgehead atoms. The zero-order valence-corrected chi connectivity index (χ0v) is 13.9. The summed E-state index contributed by atoms with van der Waals surface area (Å²) in [6, 6.07) is 3.95. The molecule has 1 aliphatic carbocycles. The van der Waals surface area contributed by atoms with Gasteiger partial charge >= 0.3 is 5.97 Å². The van der Waals surface area contributed by atoms with Crippen LogP contribution in [0.25, 0.3) is 0 Å². The van der Waals surface area contributed by atoms with Crippen LogP contribution in [0.2, 0.25) is 5.02 Å². The lowest BCUT2D eigenvalue weighted by molar-refractivity contribution is -0.142. The monoisotopic (exact) mass is 310 g/mol. The Hall–Kier alpha value is -1.22. The molecule has 0 N–H and O–H groups in total. The highest BCUT2D eigenvalue weighted by Gasteiger charge is 2.43. The predicted octanol–water partition coefficient (Wildman–Crippen LogP) is 4.21. The summed E-state index contributed by atoms with van der Waals surface area (Å²) in [6.45, 7) is 4.26. The number of aryl methyl sites for hydroxylation is 1. The van der Waals surface area contributed by atoms with Gasteiger partial charge in [0.2, 0.25) is 0 Å². The highest BCUT2D eigenvalue weighted by molar-refractivity contribution is 6.30. The maximum atomic E-state index is 11.4. The van der Waals surface area contributed by atoms with E-state index in [0.717, 1.165) is 41.2 Å². The van der Waals surface area contributed by atoms with E-state index in [1.807, 2.05) is 12.1 Å². The molecule has 0 aliphatic heterocycles. The molecule has 1 aromatic carbocycles. The van der Waals surface area contributed by atoms with Crippen molar-refractivity contribution >= 4 is 17.6 Å². The van der Waals surface area contributed by atoms with Crippen molar-refractivity contribution < 1.29 is 14.3 Å². The molecule has 116 valence electrons. The Kier molecular flexibility index (Phi) is 5.15. The topological polar surface area (TPSA) is 35.5 Å². The highest BCUT2D eigenvalue weighted by atomic mass is 35.5. The van der Waals surface area contributed by atoms with Crippen LogP contribution in [0.5, 0.6) is 5.75 Å². The lowest BCUT2D eigenvalue weighted by Gasteiger charge is -2.17. The Morgan fingerprint density at radius 1 is 1.38 bits per heavy atom. The van der Waals surface area contributed by atoms with Gasteiger partial charge in [0, 0.05) is 5.02 Å². The maximum absolute atomic E-state index is 11.4. The molecule has 0 heterocycles. The molecular formula is C17H23ClO3. The van der Waals surface area contributed by atoms with Gasteiger partial charge in [0.1, 0.15) is 5.75 Å². The van der Waals surface area contributed by atoms with E-state index in [-0.39, 0.29) is 11.9 Å². The van der Waals surface area contributed by atoms with Gasteiger partial charge in [-0.3, -0.25) is 4.79 Å². The zero-order valence-electron chi connectivity index (χ0n) is 13.1. The van der Waals surface area contributed by atoms with Crippen LogP contribution in [0.3, 0.4) is 0 Å². The van der Waals surface area contributed by atoms with E-state index in [0.29, 0.717) is 11.8 Å². The molecule has 1 fully saturated rings. The van der Waals surface area contributed by atoms with E-state index in [1.54, 1.807) is 7.11 Å². The molecule has 0 amide bonds. The number of esters is 1. The zero-order chi connectivity index (χ0) is 15.6. The number of benzene rings is 1. The summed E-state index contributed by atoms with van der Waals surface area (Å²) < 4.78 is 10.4. The third kappa shape index (κ3) is 3.70. The molecule has 3 nitrogen and oxygen atoms in total. The van der Waals surface area contributed by atoms with Crippen molar-refractivity contribution in [1.29, 1.82) is 0 Å². The Bertz CT molecular complexity index is 525. The van der Waals surface area contributed by atoms with Crippen molar-refractivity contribution in [2.45, 2.75) is 39.0 Å². The second kappa shape index (κ2) is 6.69. The number of carbonyl (C=O) groups is 1. The van der Waals surface area contributed by atoms with Crippen LogP contribution < -0.4 is 4.74 Å². The van der Waals surface area contributed by atoms with Crippen LogP contribution in [0.15, 0.2) is 12.1 Å². The minimum atomic E-state index is -0.0825. The summed E-state index contributed by atoms with van der Waals surface area (Å²) in [5.74, 6) is 1.74. The SMILES string of the molecule is COC(=O)C1CC1CCc1cc(Cl)cc(C(C)C)c1OC. The summed E-state index contributed by atoms with van der Waals surface area (Å²) in [5, 5.41) is 0.745. The minimum Gasteiger partial charge on any atom is -0.496 e. The molecule has 1 aliphatic rings. The van der Waals surface area contributed by atoms with Gasteiger partial charge in [-0.15, -0.1) is 0 Å². The van der Waals surface area contributed by atoms with Crippen molar-refractivity contribution in [2.24, 2.45) is 11.8 Å². The lowest BCUT2D eigenvalue weighted by Crippen LogP contribution is -2.05. The minimum absolute atomic E-state index is 0.0825. The Morgan fingerprint density at radius 2 is 2.10 bits per heavy atom.